The molecule has 160 valence electrons. The quantitative estimate of drug-likeness (QED) is 0.140. The van der Waals surface area contributed by atoms with Crippen molar-refractivity contribution in [1.29, 1.82) is 0 Å². The first kappa shape index (κ1) is 28.8. The highest BCUT2D eigenvalue weighted by molar-refractivity contribution is 7.19. The smallest absolute Gasteiger partial charge is 0.334 e. The lowest BCUT2D eigenvalue weighted by Gasteiger charge is -2.22. The summed E-state index contributed by atoms with van der Waals surface area (Å²) in [7, 11) is 0.522. The van der Waals surface area contributed by atoms with E-state index in [9.17, 15) is 0 Å². The molecule has 0 N–H and O–H groups in total. The summed E-state index contributed by atoms with van der Waals surface area (Å²) in [6.07, 6.45) is 16.4. The van der Waals surface area contributed by atoms with Gasteiger partial charge >= 0.3 is 8.56 Å². The van der Waals surface area contributed by atoms with Gasteiger partial charge in [0, 0.05) is 14.2 Å². The number of rotatable bonds is 16. The third-order valence-corrected chi connectivity index (χ3v) is 10.1. The highest BCUT2D eigenvalue weighted by Crippen LogP contribution is 2.19. The van der Waals surface area contributed by atoms with Crippen molar-refractivity contribution in [3.8, 4) is 0 Å². The highest BCUT2D eigenvalue weighted by atomic mass is 35.6. The van der Waals surface area contributed by atoms with Gasteiger partial charge in [-0.15, -0.1) is 0 Å². The molecule has 0 bridgehead atoms. The average Bonchev–Trinajstić information content (AvgIpc) is 2.60. The second-order valence-electron chi connectivity index (χ2n) is 8.30. The lowest BCUT2D eigenvalue weighted by Crippen LogP contribution is -2.35. The molecular formula is C21H49ClO2Si2. The Balaban J connectivity index is 0. The summed E-state index contributed by atoms with van der Waals surface area (Å²) in [5, 5.41) is 0. The number of unbranched alkanes of at least 4 members (excludes halogenated alkanes) is 10. The Morgan fingerprint density at radius 2 is 0.923 bits per heavy atom. The van der Waals surface area contributed by atoms with Crippen LogP contribution in [0.5, 0.6) is 0 Å². The monoisotopic (exact) mass is 424 g/mol. The molecule has 5 heteroatoms. The predicted octanol–water partition coefficient (Wildman–Crippen LogP) is 8.50. The van der Waals surface area contributed by atoms with E-state index in [1.165, 1.54) is 83.1 Å². The lowest BCUT2D eigenvalue weighted by atomic mass is 10.1. The van der Waals surface area contributed by atoms with Crippen LogP contribution in [0.1, 0.15) is 90.9 Å². The fourth-order valence-electron chi connectivity index (χ4n) is 2.84. The van der Waals surface area contributed by atoms with E-state index in [4.69, 9.17) is 19.9 Å². The van der Waals surface area contributed by atoms with Crippen molar-refractivity contribution in [2.24, 2.45) is 0 Å². The van der Waals surface area contributed by atoms with Gasteiger partial charge in [-0.05, 0) is 18.6 Å². The molecule has 0 fully saturated rings. The second-order valence-corrected chi connectivity index (χ2v) is 18.9. The van der Waals surface area contributed by atoms with Gasteiger partial charge < -0.3 is 8.85 Å². The summed E-state index contributed by atoms with van der Waals surface area (Å²) in [6, 6.07) is 2.42. The largest absolute Gasteiger partial charge is 0.398 e. The number of hydrogen-bond acceptors (Lipinski definition) is 2. The zero-order chi connectivity index (χ0) is 20.3. The third kappa shape index (κ3) is 22.7. The molecule has 0 amide bonds. The van der Waals surface area contributed by atoms with Crippen LogP contribution in [0.2, 0.25) is 31.7 Å². The van der Waals surface area contributed by atoms with Crippen LogP contribution in [-0.4, -0.2) is 30.2 Å². The Morgan fingerprint density at radius 1 is 0.577 bits per heavy atom. The molecule has 0 radical (unpaired) electrons. The molecule has 0 saturated carbocycles. The normalized spacial score (nSPS) is 12.0. The summed E-state index contributed by atoms with van der Waals surface area (Å²) in [5.41, 5.74) is 0. The van der Waals surface area contributed by atoms with Crippen molar-refractivity contribution in [3.63, 3.8) is 0 Å². The zero-order valence-corrected chi connectivity index (χ0v) is 21.8. The topological polar surface area (TPSA) is 18.5 Å². The van der Waals surface area contributed by atoms with E-state index in [-0.39, 0.29) is 0 Å². The molecule has 0 unspecified atom stereocenters. The van der Waals surface area contributed by atoms with Crippen LogP contribution in [0.15, 0.2) is 0 Å². The van der Waals surface area contributed by atoms with Gasteiger partial charge in [0.2, 0.25) is 0 Å². The fraction of sp³-hybridized carbons (Fsp3) is 1.00. The third-order valence-electron chi connectivity index (χ3n) is 4.97. The molecule has 0 aliphatic heterocycles. The molecule has 0 aliphatic carbocycles. The summed E-state index contributed by atoms with van der Waals surface area (Å²) < 4.78 is 10.9. The predicted molar refractivity (Wildman–Crippen MR) is 125 cm³/mol. The van der Waals surface area contributed by atoms with Gasteiger partial charge in [-0.1, -0.05) is 104 Å². The maximum atomic E-state index is 6.21. The minimum Gasteiger partial charge on any atom is -0.398 e. The van der Waals surface area contributed by atoms with Gasteiger partial charge in [-0.2, -0.15) is 11.1 Å². The van der Waals surface area contributed by atoms with Crippen molar-refractivity contribution >= 4 is 27.0 Å². The molecule has 0 saturated heterocycles. The molecule has 26 heavy (non-hydrogen) atoms. The van der Waals surface area contributed by atoms with E-state index in [2.05, 4.69) is 33.5 Å². The molecule has 0 aromatic heterocycles. The van der Waals surface area contributed by atoms with Crippen molar-refractivity contribution in [2.75, 3.05) is 14.2 Å². The second kappa shape index (κ2) is 19.0. The SMILES string of the molecule is CCCCCCCC[Si](C)(C)Cl.CCCCCCCC[Si](C)(OC)OC. The number of hydrogen-bond donors (Lipinski definition) is 0. The van der Waals surface area contributed by atoms with Gasteiger partial charge in [0.05, 0.1) is 0 Å². The van der Waals surface area contributed by atoms with Crippen LogP contribution in [0.25, 0.3) is 0 Å². The van der Waals surface area contributed by atoms with Crippen molar-refractivity contribution in [3.05, 3.63) is 0 Å². The minimum absolute atomic E-state index is 1.13. The van der Waals surface area contributed by atoms with Crippen LogP contribution in [0.4, 0.5) is 0 Å². The van der Waals surface area contributed by atoms with E-state index < -0.39 is 15.9 Å². The van der Waals surface area contributed by atoms with Crippen LogP contribution in [0, 0.1) is 0 Å². The number of halogens is 1. The van der Waals surface area contributed by atoms with Gasteiger partial charge in [0.25, 0.3) is 0 Å². The van der Waals surface area contributed by atoms with Crippen LogP contribution in [-0.2, 0) is 8.85 Å². The van der Waals surface area contributed by atoms with E-state index in [1.54, 1.807) is 14.2 Å². The molecular weight excluding hydrogens is 376 g/mol. The molecule has 0 atom stereocenters. The molecule has 0 spiro atoms. The van der Waals surface area contributed by atoms with Crippen molar-refractivity contribution in [1.82, 2.24) is 0 Å². The standard InChI is InChI=1S/C11H26O2Si.C10H23ClSi/c1-5-6-7-8-9-10-11-14(4,12-2)13-3;1-4-5-6-7-8-9-10-12(2,3)11/h5-11H2,1-4H3;4-10H2,1-3H3. The molecule has 0 heterocycles. The summed E-state index contributed by atoms with van der Waals surface area (Å²) >= 11 is 6.21. The highest BCUT2D eigenvalue weighted by Gasteiger charge is 2.27. The summed E-state index contributed by atoms with van der Waals surface area (Å²) in [5.74, 6) is 0. The molecule has 0 rings (SSSR count). The van der Waals surface area contributed by atoms with Gasteiger partial charge in [-0.3, -0.25) is 0 Å². The molecule has 0 aliphatic rings. The van der Waals surface area contributed by atoms with E-state index >= 15 is 0 Å². The Labute approximate surface area is 172 Å². The lowest BCUT2D eigenvalue weighted by molar-refractivity contribution is 0.248. The first-order valence-electron chi connectivity index (χ1n) is 11.0. The van der Waals surface area contributed by atoms with E-state index in [0.717, 1.165) is 6.04 Å². The Hall–Kier alpha value is 0.644. The van der Waals surface area contributed by atoms with E-state index in [0.29, 0.717) is 0 Å². The molecule has 0 aromatic carbocycles. The molecule has 2 nitrogen and oxygen atoms in total. The average molecular weight is 425 g/mol. The maximum Gasteiger partial charge on any atom is 0.334 e. The molecule has 0 aromatic rings. The van der Waals surface area contributed by atoms with Crippen molar-refractivity contribution in [2.45, 2.75) is 123 Å². The zero-order valence-electron chi connectivity index (χ0n) is 19.1. The first-order chi connectivity index (χ1) is 12.2. The van der Waals surface area contributed by atoms with Crippen LogP contribution < -0.4 is 0 Å². The fourth-order valence-corrected chi connectivity index (χ4v) is 5.80. The van der Waals surface area contributed by atoms with Crippen LogP contribution in [0.3, 0.4) is 0 Å². The summed E-state index contributed by atoms with van der Waals surface area (Å²) in [6.45, 7) is 11.1. The van der Waals surface area contributed by atoms with Gasteiger partial charge in [-0.25, -0.2) is 0 Å². The minimum atomic E-state index is -1.77. The van der Waals surface area contributed by atoms with Gasteiger partial charge in [0.15, 0.2) is 0 Å². The Morgan fingerprint density at radius 3 is 1.27 bits per heavy atom. The first-order valence-corrected chi connectivity index (χ1v) is 17.8. The van der Waals surface area contributed by atoms with Crippen LogP contribution >= 0.6 is 11.1 Å². The van der Waals surface area contributed by atoms with Gasteiger partial charge in [0.1, 0.15) is 7.38 Å². The maximum absolute atomic E-state index is 6.21. The Kier molecular flexibility index (Phi) is 21.1. The summed E-state index contributed by atoms with van der Waals surface area (Å²) in [4.78, 5) is 0. The van der Waals surface area contributed by atoms with E-state index in [1.807, 2.05) is 0 Å². The Bertz CT molecular complexity index is 280. The van der Waals surface area contributed by atoms with Crippen molar-refractivity contribution < 1.29 is 8.85 Å².